The van der Waals surface area contributed by atoms with Crippen molar-refractivity contribution >= 4 is 0 Å². The Labute approximate surface area is 159 Å². The molecule has 3 atom stereocenters. The van der Waals surface area contributed by atoms with E-state index in [0.717, 1.165) is 50.1 Å². The Morgan fingerprint density at radius 2 is 1.96 bits per heavy atom. The van der Waals surface area contributed by atoms with Crippen molar-refractivity contribution in [2.24, 2.45) is 11.3 Å². The summed E-state index contributed by atoms with van der Waals surface area (Å²) in [5.74, 6) is 0.988. The van der Waals surface area contributed by atoms with Crippen LogP contribution in [0.3, 0.4) is 0 Å². The maximum atomic E-state index is 10.8. The molecule has 26 heavy (non-hydrogen) atoms. The highest BCUT2D eigenvalue weighted by Crippen LogP contribution is 2.61. The zero-order valence-electron chi connectivity index (χ0n) is 17.1. The Bertz CT molecular complexity index is 639. The van der Waals surface area contributed by atoms with Gasteiger partial charge in [-0.25, -0.2) is 0 Å². The number of aromatic hydroxyl groups is 2. The molecule has 146 valence electrons. The first-order chi connectivity index (χ1) is 12.4. The third-order valence-corrected chi connectivity index (χ3v) is 7.83. The van der Waals surface area contributed by atoms with Crippen LogP contribution >= 0.6 is 0 Å². The molecular formula is C23H37NO2. The maximum absolute atomic E-state index is 10.8. The second-order valence-corrected chi connectivity index (χ2v) is 9.03. The standard InChI is InChI=1S/C23H37NO2/c1-5-7-13-23(6-2)20-18(11-12-19(25)21(20)26)14-22(23,4)16(3)24-15-17-9-8-10-17/h11-12,16-17,24-26H,5-10,13-15H2,1-4H3. The van der Waals surface area contributed by atoms with Crippen LogP contribution in [0, 0.1) is 11.3 Å². The molecule has 0 aromatic heterocycles. The van der Waals surface area contributed by atoms with E-state index in [1.54, 1.807) is 6.07 Å². The third kappa shape index (κ3) is 2.93. The molecule has 2 aliphatic carbocycles. The predicted molar refractivity (Wildman–Crippen MR) is 108 cm³/mol. The Balaban J connectivity index is 1.98. The number of hydrogen-bond donors (Lipinski definition) is 3. The van der Waals surface area contributed by atoms with E-state index in [2.05, 4.69) is 33.0 Å². The van der Waals surface area contributed by atoms with Crippen LogP contribution in [0.25, 0.3) is 0 Å². The summed E-state index contributed by atoms with van der Waals surface area (Å²) in [6.07, 6.45) is 9.42. The summed E-state index contributed by atoms with van der Waals surface area (Å²) in [6, 6.07) is 4.06. The smallest absolute Gasteiger partial charge is 0.161 e. The minimum Gasteiger partial charge on any atom is -0.504 e. The molecule has 3 unspecified atom stereocenters. The van der Waals surface area contributed by atoms with Crippen molar-refractivity contribution < 1.29 is 10.2 Å². The molecule has 3 rings (SSSR count). The van der Waals surface area contributed by atoms with Crippen molar-refractivity contribution in [1.29, 1.82) is 0 Å². The van der Waals surface area contributed by atoms with Crippen LogP contribution in [0.15, 0.2) is 12.1 Å². The molecule has 0 bridgehead atoms. The average Bonchev–Trinajstić information content (AvgIpc) is 2.85. The quantitative estimate of drug-likeness (QED) is 0.554. The van der Waals surface area contributed by atoms with Gasteiger partial charge < -0.3 is 15.5 Å². The number of hydrogen-bond acceptors (Lipinski definition) is 3. The summed E-state index contributed by atoms with van der Waals surface area (Å²) in [5.41, 5.74) is 2.19. The van der Waals surface area contributed by atoms with Crippen molar-refractivity contribution in [2.45, 2.75) is 90.5 Å². The number of phenols is 2. The highest BCUT2D eigenvalue weighted by molar-refractivity contribution is 5.57. The fourth-order valence-corrected chi connectivity index (χ4v) is 5.63. The average molecular weight is 360 g/mol. The van der Waals surface area contributed by atoms with Gasteiger partial charge in [-0.05, 0) is 68.5 Å². The van der Waals surface area contributed by atoms with Gasteiger partial charge in [0.25, 0.3) is 0 Å². The highest BCUT2D eigenvalue weighted by Gasteiger charge is 2.57. The van der Waals surface area contributed by atoms with Crippen LogP contribution < -0.4 is 5.32 Å². The molecule has 2 aliphatic rings. The van der Waals surface area contributed by atoms with Gasteiger partial charge in [-0.3, -0.25) is 0 Å². The van der Waals surface area contributed by atoms with E-state index in [-0.39, 0.29) is 22.3 Å². The monoisotopic (exact) mass is 359 g/mol. The summed E-state index contributed by atoms with van der Waals surface area (Å²) in [7, 11) is 0. The van der Waals surface area contributed by atoms with Crippen LogP contribution in [-0.2, 0) is 11.8 Å². The first-order valence-corrected chi connectivity index (χ1v) is 10.7. The molecule has 0 heterocycles. The third-order valence-electron chi connectivity index (χ3n) is 7.83. The molecule has 0 spiro atoms. The second kappa shape index (κ2) is 7.42. The van der Waals surface area contributed by atoms with Crippen LogP contribution in [0.2, 0.25) is 0 Å². The molecule has 0 radical (unpaired) electrons. The molecule has 1 aromatic rings. The molecule has 3 heteroatoms. The van der Waals surface area contributed by atoms with Crippen molar-refractivity contribution in [2.75, 3.05) is 6.54 Å². The van der Waals surface area contributed by atoms with E-state index < -0.39 is 0 Å². The molecule has 1 saturated carbocycles. The predicted octanol–water partition coefficient (Wildman–Crippen LogP) is 5.28. The van der Waals surface area contributed by atoms with Gasteiger partial charge in [0.15, 0.2) is 11.5 Å². The molecule has 0 aliphatic heterocycles. The fourth-order valence-electron chi connectivity index (χ4n) is 5.63. The lowest BCUT2D eigenvalue weighted by Gasteiger charge is -2.49. The lowest BCUT2D eigenvalue weighted by molar-refractivity contribution is 0.0848. The Hall–Kier alpha value is -1.22. The summed E-state index contributed by atoms with van der Waals surface area (Å²) in [4.78, 5) is 0. The Kier molecular flexibility index (Phi) is 5.58. The van der Waals surface area contributed by atoms with Crippen molar-refractivity contribution in [3.05, 3.63) is 23.3 Å². The fraction of sp³-hybridized carbons (Fsp3) is 0.739. The van der Waals surface area contributed by atoms with Crippen LogP contribution in [0.1, 0.15) is 83.8 Å². The number of rotatable bonds is 8. The van der Waals surface area contributed by atoms with Gasteiger partial charge in [0, 0.05) is 17.0 Å². The van der Waals surface area contributed by atoms with E-state index in [1.807, 2.05) is 6.07 Å². The van der Waals surface area contributed by atoms with E-state index in [1.165, 1.54) is 24.8 Å². The van der Waals surface area contributed by atoms with Crippen molar-refractivity contribution in [1.82, 2.24) is 5.32 Å². The molecule has 0 saturated heterocycles. The SMILES string of the molecule is CCCCC1(CC)c2c(ccc(O)c2O)CC1(C)C(C)NCC1CCC1. The van der Waals surface area contributed by atoms with Gasteiger partial charge in [0.1, 0.15) is 0 Å². The van der Waals surface area contributed by atoms with E-state index in [0.29, 0.717) is 6.04 Å². The largest absolute Gasteiger partial charge is 0.504 e. The normalized spacial score (nSPS) is 29.4. The van der Waals surface area contributed by atoms with Crippen molar-refractivity contribution in [3.8, 4) is 11.5 Å². The number of benzene rings is 1. The molecule has 0 amide bonds. The second-order valence-electron chi connectivity index (χ2n) is 9.03. The van der Waals surface area contributed by atoms with Gasteiger partial charge in [0.2, 0.25) is 0 Å². The van der Waals surface area contributed by atoms with Gasteiger partial charge >= 0.3 is 0 Å². The van der Waals surface area contributed by atoms with Gasteiger partial charge in [-0.15, -0.1) is 0 Å². The maximum Gasteiger partial charge on any atom is 0.161 e. The number of nitrogens with one attached hydrogen (secondary N) is 1. The molecular weight excluding hydrogens is 322 g/mol. The van der Waals surface area contributed by atoms with Gasteiger partial charge in [0.05, 0.1) is 0 Å². The first kappa shape index (κ1) is 19.5. The van der Waals surface area contributed by atoms with E-state index >= 15 is 0 Å². The number of phenolic OH excluding ortho intramolecular Hbond substituents is 2. The van der Waals surface area contributed by atoms with Gasteiger partial charge in [-0.1, -0.05) is 46.1 Å². The highest BCUT2D eigenvalue weighted by atomic mass is 16.3. The minimum atomic E-state index is -0.0901. The Morgan fingerprint density at radius 1 is 1.23 bits per heavy atom. The summed E-state index contributed by atoms with van der Waals surface area (Å²) in [6.45, 7) is 10.3. The van der Waals surface area contributed by atoms with E-state index in [4.69, 9.17) is 0 Å². The van der Waals surface area contributed by atoms with Crippen LogP contribution in [0.4, 0.5) is 0 Å². The van der Waals surface area contributed by atoms with Crippen LogP contribution in [-0.4, -0.2) is 22.8 Å². The summed E-state index contributed by atoms with van der Waals surface area (Å²) >= 11 is 0. The van der Waals surface area contributed by atoms with Gasteiger partial charge in [-0.2, -0.15) is 0 Å². The molecule has 3 nitrogen and oxygen atoms in total. The number of fused-ring (bicyclic) bond motifs is 1. The van der Waals surface area contributed by atoms with Crippen molar-refractivity contribution in [3.63, 3.8) is 0 Å². The zero-order chi connectivity index (χ0) is 18.9. The lowest BCUT2D eigenvalue weighted by atomic mass is 9.57. The minimum absolute atomic E-state index is 0.0254. The van der Waals surface area contributed by atoms with E-state index in [9.17, 15) is 10.2 Å². The zero-order valence-corrected chi connectivity index (χ0v) is 17.1. The van der Waals surface area contributed by atoms with Crippen LogP contribution in [0.5, 0.6) is 11.5 Å². The number of unbranched alkanes of at least 4 members (excludes halogenated alkanes) is 1. The topological polar surface area (TPSA) is 52.5 Å². The summed E-state index contributed by atoms with van der Waals surface area (Å²) < 4.78 is 0. The lowest BCUT2D eigenvalue weighted by Crippen LogP contribution is -2.53. The molecule has 3 N–H and O–H groups in total. The first-order valence-electron chi connectivity index (χ1n) is 10.7. The summed E-state index contributed by atoms with van der Waals surface area (Å²) in [5, 5.41) is 24.8. The Morgan fingerprint density at radius 3 is 2.54 bits per heavy atom. The molecule has 1 fully saturated rings. The molecule has 1 aromatic carbocycles.